The van der Waals surface area contributed by atoms with Crippen molar-refractivity contribution in [3.63, 3.8) is 0 Å². The summed E-state index contributed by atoms with van der Waals surface area (Å²) in [6.45, 7) is 0.227. The lowest BCUT2D eigenvalue weighted by atomic mass is 9.91. The Kier molecular flexibility index (Phi) is 2.48. The Balaban J connectivity index is 2.12. The zero-order valence-corrected chi connectivity index (χ0v) is 9.83. The summed E-state index contributed by atoms with van der Waals surface area (Å²) in [7, 11) is 0. The maximum atomic E-state index is 11.4. The van der Waals surface area contributed by atoms with E-state index in [2.05, 4.69) is 0 Å². The van der Waals surface area contributed by atoms with Crippen molar-refractivity contribution in [1.29, 1.82) is 0 Å². The molecule has 2 N–H and O–H groups in total. The third-order valence-corrected chi connectivity index (χ3v) is 3.37. The first kappa shape index (κ1) is 11.6. The fourth-order valence-electron chi connectivity index (χ4n) is 2.56. The highest BCUT2D eigenvalue weighted by Gasteiger charge is 2.38. The SMILES string of the molecule is O=C(O)C1c2ccc3c(c2CCN1C(=O)O)OCO3. The number of nitrogens with zero attached hydrogens (tertiary/aromatic N) is 1. The van der Waals surface area contributed by atoms with Crippen molar-refractivity contribution >= 4 is 12.1 Å². The maximum absolute atomic E-state index is 11.4. The molecule has 0 saturated carbocycles. The molecule has 1 unspecified atom stereocenters. The number of carboxylic acid groups (broad SMARTS) is 2. The van der Waals surface area contributed by atoms with Crippen molar-refractivity contribution in [3.05, 3.63) is 23.3 Å². The molecule has 100 valence electrons. The lowest BCUT2D eigenvalue weighted by Gasteiger charge is -2.32. The normalized spacial score (nSPS) is 20.0. The molecule has 2 heterocycles. The van der Waals surface area contributed by atoms with Crippen LogP contribution in [0, 0.1) is 0 Å². The van der Waals surface area contributed by atoms with Gasteiger partial charge in [-0.15, -0.1) is 0 Å². The number of ether oxygens (including phenoxy) is 2. The van der Waals surface area contributed by atoms with Crippen molar-refractivity contribution < 1.29 is 29.3 Å². The van der Waals surface area contributed by atoms with Crippen LogP contribution in [0.2, 0.25) is 0 Å². The Hall–Kier alpha value is -2.44. The lowest BCUT2D eigenvalue weighted by molar-refractivity contribution is -0.143. The van der Waals surface area contributed by atoms with Gasteiger partial charge in [0.05, 0.1) is 0 Å². The van der Waals surface area contributed by atoms with Crippen molar-refractivity contribution in [2.45, 2.75) is 12.5 Å². The number of benzene rings is 1. The van der Waals surface area contributed by atoms with Crippen molar-refractivity contribution in [1.82, 2.24) is 4.90 Å². The molecule has 1 atom stereocenters. The Morgan fingerprint density at radius 3 is 2.74 bits per heavy atom. The van der Waals surface area contributed by atoms with Gasteiger partial charge in [0.25, 0.3) is 0 Å². The molecule has 2 aliphatic rings. The minimum Gasteiger partial charge on any atom is -0.479 e. The fraction of sp³-hybridized carbons (Fsp3) is 0.333. The average Bonchev–Trinajstić information content (AvgIpc) is 2.85. The van der Waals surface area contributed by atoms with Crippen LogP contribution < -0.4 is 9.47 Å². The van der Waals surface area contributed by atoms with E-state index in [-0.39, 0.29) is 13.3 Å². The first-order valence-corrected chi connectivity index (χ1v) is 5.73. The highest BCUT2D eigenvalue weighted by Crippen LogP contribution is 2.43. The van der Waals surface area contributed by atoms with Crippen LogP contribution in [0.15, 0.2) is 12.1 Å². The summed E-state index contributed by atoms with van der Waals surface area (Å²) < 4.78 is 10.6. The number of hydrogen-bond acceptors (Lipinski definition) is 4. The van der Waals surface area contributed by atoms with E-state index >= 15 is 0 Å². The second-order valence-corrected chi connectivity index (χ2v) is 4.33. The standard InChI is InChI=1S/C12H11NO6/c14-11(15)9-6-1-2-8-10(19-5-18-8)7(6)3-4-13(9)12(16)17/h1-2,9H,3-5H2,(H,14,15)(H,16,17). The third-order valence-electron chi connectivity index (χ3n) is 3.37. The Morgan fingerprint density at radius 1 is 1.26 bits per heavy atom. The third kappa shape index (κ3) is 1.66. The molecule has 1 aromatic rings. The summed E-state index contributed by atoms with van der Waals surface area (Å²) in [6, 6.07) is 2.01. The monoisotopic (exact) mass is 265 g/mol. The number of carbonyl (C=O) groups is 2. The van der Waals surface area contributed by atoms with Gasteiger partial charge in [0.1, 0.15) is 0 Å². The smallest absolute Gasteiger partial charge is 0.408 e. The first-order chi connectivity index (χ1) is 9.09. The molecule has 0 aromatic heterocycles. The highest BCUT2D eigenvalue weighted by molar-refractivity contribution is 5.82. The van der Waals surface area contributed by atoms with E-state index in [1.807, 2.05) is 0 Å². The number of rotatable bonds is 1. The van der Waals surface area contributed by atoms with E-state index in [1.54, 1.807) is 12.1 Å². The molecule has 2 aliphatic heterocycles. The molecule has 1 amide bonds. The Morgan fingerprint density at radius 2 is 2.05 bits per heavy atom. The molecular formula is C12H11NO6. The molecule has 1 aromatic carbocycles. The van der Waals surface area contributed by atoms with Gasteiger partial charge in [0, 0.05) is 12.1 Å². The molecule has 0 aliphatic carbocycles. The molecule has 7 heteroatoms. The van der Waals surface area contributed by atoms with Gasteiger partial charge in [-0.05, 0) is 18.1 Å². The summed E-state index contributed by atoms with van der Waals surface area (Å²) in [4.78, 5) is 23.4. The van der Waals surface area contributed by atoms with Crippen LogP contribution in [0.3, 0.4) is 0 Å². The first-order valence-electron chi connectivity index (χ1n) is 5.73. The van der Waals surface area contributed by atoms with Gasteiger partial charge in [-0.25, -0.2) is 9.59 Å². The molecule has 3 rings (SSSR count). The second kappa shape index (κ2) is 4.04. The minimum atomic E-state index is -1.24. The topological polar surface area (TPSA) is 96.3 Å². The van der Waals surface area contributed by atoms with E-state index in [9.17, 15) is 14.7 Å². The lowest BCUT2D eigenvalue weighted by Crippen LogP contribution is -2.42. The van der Waals surface area contributed by atoms with Gasteiger partial charge < -0.3 is 19.7 Å². The maximum Gasteiger partial charge on any atom is 0.408 e. The Labute approximate surface area is 108 Å². The van der Waals surface area contributed by atoms with Crippen LogP contribution in [-0.2, 0) is 11.2 Å². The zero-order chi connectivity index (χ0) is 13.6. The predicted molar refractivity (Wildman–Crippen MR) is 61.4 cm³/mol. The van der Waals surface area contributed by atoms with Gasteiger partial charge in [-0.1, -0.05) is 6.07 Å². The number of hydrogen-bond donors (Lipinski definition) is 2. The van der Waals surface area contributed by atoms with Crippen LogP contribution >= 0.6 is 0 Å². The molecule has 0 spiro atoms. The molecule has 19 heavy (non-hydrogen) atoms. The van der Waals surface area contributed by atoms with E-state index in [4.69, 9.17) is 14.6 Å². The summed E-state index contributed by atoms with van der Waals surface area (Å²) in [5, 5.41) is 18.4. The van der Waals surface area contributed by atoms with Crippen molar-refractivity contribution in [2.24, 2.45) is 0 Å². The van der Waals surface area contributed by atoms with Gasteiger partial charge in [0.15, 0.2) is 17.5 Å². The molecule has 0 radical (unpaired) electrons. The van der Waals surface area contributed by atoms with Gasteiger partial charge >= 0.3 is 12.1 Å². The number of carboxylic acids is 1. The summed E-state index contributed by atoms with van der Waals surface area (Å²) >= 11 is 0. The van der Waals surface area contributed by atoms with Crippen LogP contribution in [0.1, 0.15) is 17.2 Å². The number of amides is 1. The van der Waals surface area contributed by atoms with E-state index in [1.165, 1.54) is 0 Å². The summed E-state index contributed by atoms with van der Waals surface area (Å²) in [6.07, 6.45) is -0.825. The van der Waals surface area contributed by atoms with Crippen LogP contribution in [0.25, 0.3) is 0 Å². The Bertz CT molecular complexity index is 570. The second-order valence-electron chi connectivity index (χ2n) is 4.33. The fourth-order valence-corrected chi connectivity index (χ4v) is 2.56. The summed E-state index contributed by atoms with van der Waals surface area (Å²) in [5.74, 6) is -0.0809. The van der Waals surface area contributed by atoms with Gasteiger partial charge in [-0.2, -0.15) is 0 Å². The summed E-state index contributed by atoms with van der Waals surface area (Å²) in [5.41, 5.74) is 1.17. The molecule has 0 fully saturated rings. The number of aliphatic carboxylic acids is 1. The largest absolute Gasteiger partial charge is 0.479 e. The van der Waals surface area contributed by atoms with Crippen LogP contribution in [-0.4, -0.2) is 40.5 Å². The molecule has 0 saturated heterocycles. The highest BCUT2D eigenvalue weighted by atomic mass is 16.7. The van der Waals surface area contributed by atoms with Crippen LogP contribution in [0.4, 0.5) is 4.79 Å². The number of fused-ring (bicyclic) bond motifs is 3. The van der Waals surface area contributed by atoms with Gasteiger partial charge in [-0.3, -0.25) is 4.90 Å². The minimum absolute atomic E-state index is 0.103. The van der Waals surface area contributed by atoms with Crippen LogP contribution in [0.5, 0.6) is 11.5 Å². The van der Waals surface area contributed by atoms with Crippen molar-refractivity contribution in [3.8, 4) is 11.5 Å². The van der Waals surface area contributed by atoms with E-state index in [0.29, 0.717) is 23.5 Å². The molecule has 0 bridgehead atoms. The van der Waals surface area contributed by atoms with E-state index < -0.39 is 18.1 Å². The predicted octanol–water partition coefficient (Wildman–Crippen LogP) is 1.08. The molecular weight excluding hydrogens is 254 g/mol. The quantitative estimate of drug-likeness (QED) is 0.788. The zero-order valence-electron chi connectivity index (χ0n) is 9.83. The molecule has 7 nitrogen and oxygen atoms in total. The van der Waals surface area contributed by atoms with E-state index in [0.717, 1.165) is 10.5 Å². The van der Waals surface area contributed by atoms with Crippen molar-refractivity contribution in [2.75, 3.05) is 13.3 Å². The average molecular weight is 265 g/mol. The van der Waals surface area contributed by atoms with Gasteiger partial charge in [0.2, 0.25) is 6.79 Å².